The van der Waals surface area contributed by atoms with E-state index in [1.807, 2.05) is 12.1 Å². The van der Waals surface area contributed by atoms with Crippen molar-refractivity contribution >= 4 is 11.6 Å². The fraction of sp³-hybridized carbons (Fsp3) is 0.500. The molecule has 0 saturated heterocycles. The van der Waals surface area contributed by atoms with Crippen LogP contribution in [0.3, 0.4) is 0 Å². The molecule has 0 aliphatic heterocycles. The summed E-state index contributed by atoms with van der Waals surface area (Å²) in [7, 11) is 0. The van der Waals surface area contributed by atoms with Crippen molar-refractivity contribution in [3.63, 3.8) is 0 Å². The molecule has 15 heavy (non-hydrogen) atoms. The summed E-state index contributed by atoms with van der Waals surface area (Å²) in [6, 6.07) is 5.40. The molecule has 0 amide bonds. The lowest BCUT2D eigenvalue weighted by atomic mass is 9.97. The van der Waals surface area contributed by atoms with Crippen LogP contribution < -0.4 is 5.32 Å². The van der Waals surface area contributed by atoms with E-state index in [9.17, 15) is 5.11 Å². The van der Waals surface area contributed by atoms with Gasteiger partial charge in [0.25, 0.3) is 0 Å². The first kappa shape index (κ1) is 12.3. The maximum atomic E-state index is 9.66. The molecule has 0 aromatic heterocycles. The molecule has 1 aromatic rings. The van der Waals surface area contributed by atoms with Crippen molar-refractivity contribution in [3.05, 3.63) is 28.8 Å². The summed E-state index contributed by atoms with van der Waals surface area (Å²) in [5.41, 5.74) is 1.08. The Morgan fingerprint density at radius 2 is 2.00 bits per heavy atom. The minimum Gasteiger partial charge on any atom is -0.506 e. The molecule has 0 spiro atoms. The SMILES string of the molecule is CC(C)(C)CNCc1cccc(Cl)c1O. The zero-order valence-corrected chi connectivity index (χ0v) is 10.2. The summed E-state index contributed by atoms with van der Waals surface area (Å²) in [4.78, 5) is 0. The second-order valence-corrected chi connectivity index (χ2v) is 5.32. The van der Waals surface area contributed by atoms with Gasteiger partial charge in [0.05, 0.1) is 5.02 Å². The number of hydrogen-bond donors (Lipinski definition) is 2. The second-order valence-electron chi connectivity index (χ2n) is 4.91. The van der Waals surface area contributed by atoms with Crippen LogP contribution in [0.4, 0.5) is 0 Å². The van der Waals surface area contributed by atoms with E-state index in [1.165, 1.54) is 0 Å². The predicted octanol–water partition coefficient (Wildman–Crippen LogP) is 3.18. The summed E-state index contributed by atoms with van der Waals surface area (Å²) >= 11 is 5.80. The Balaban J connectivity index is 2.55. The topological polar surface area (TPSA) is 32.3 Å². The van der Waals surface area contributed by atoms with Gasteiger partial charge in [0.15, 0.2) is 0 Å². The van der Waals surface area contributed by atoms with E-state index < -0.39 is 0 Å². The number of para-hydroxylation sites is 1. The van der Waals surface area contributed by atoms with Gasteiger partial charge in [-0.1, -0.05) is 44.5 Å². The lowest BCUT2D eigenvalue weighted by Gasteiger charge is -2.19. The van der Waals surface area contributed by atoms with E-state index in [0.29, 0.717) is 11.6 Å². The molecule has 0 atom stereocenters. The van der Waals surface area contributed by atoms with Gasteiger partial charge in [0.2, 0.25) is 0 Å². The summed E-state index contributed by atoms with van der Waals surface area (Å²) in [5, 5.41) is 13.4. The standard InChI is InChI=1S/C12H18ClNO/c1-12(2,3)8-14-7-9-5-4-6-10(13)11(9)15/h4-6,14-15H,7-8H2,1-3H3. The Morgan fingerprint density at radius 3 is 2.60 bits per heavy atom. The normalized spacial score (nSPS) is 11.7. The average molecular weight is 228 g/mol. The van der Waals surface area contributed by atoms with Crippen molar-refractivity contribution in [2.45, 2.75) is 27.3 Å². The molecule has 0 aliphatic carbocycles. The van der Waals surface area contributed by atoms with Gasteiger partial charge < -0.3 is 10.4 Å². The van der Waals surface area contributed by atoms with Gasteiger partial charge in [0, 0.05) is 18.7 Å². The molecule has 0 unspecified atom stereocenters. The molecule has 3 heteroatoms. The predicted molar refractivity (Wildman–Crippen MR) is 64.3 cm³/mol. The molecule has 1 rings (SSSR count). The summed E-state index contributed by atoms with van der Waals surface area (Å²) in [6.07, 6.45) is 0. The summed E-state index contributed by atoms with van der Waals surface area (Å²) < 4.78 is 0. The van der Waals surface area contributed by atoms with Crippen LogP contribution in [0.15, 0.2) is 18.2 Å². The third-order valence-electron chi connectivity index (χ3n) is 2.04. The Bertz CT molecular complexity index is 331. The molecule has 84 valence electrons. The highest BCUT2D eigenvalue weighted by molar-refractivity contribution is 6.32. The van der Waals surface area contributed by atoms with Gasteiger partial charge in [-0.05, 0) is 11.5 Å². The third kappa shape index (κ3) is 4.10. The van der Waals surface area contributed by atoms with Crippen molar-refractivity contribution < 1.29 is 5.11 Å². The van der Waals surface area contributed by atoms with Crippen LogP contribution >= 0.6 is 11.6 Å². The van der Waals surface area contributed by atoms with Crippen molar-refractivity contribution in [3.8, 4) is 5.75 Å². The largest absolute Gasteiger partial charge is 0.506 e. The Morgan fingerprint density at radius 1 is 1.33 bits per heavy atom. The Labute approximate surface area is 96.3 Å². The molecule has 2 N–H and O–H groups in total. The number of halogens is 1. The van der Waals surface area contributed by atoms with Gasteiger partial charge in [-0.25, -0.2) is 0 Å². The van der Waals surface area contributed by atoms with E-state index in [1.54, 1.807) is 6.07 Å². The third-order valence-corrected chi connectivity index (χ3v) is 2.35. The first-order chi connectivity index (χ1) is 6.90. The smallest absolute Gasteiger partial charge is 0.138 e. The van der Waals surface area contributed by atoms with Crippen LogP contribution in [-0.2, 0) is 6.54 Å². The quantitative estimate of drug-likeness (QED) is 0.832. The van der Waals surface area contributed by atoms with Crippen molar-refractivity contribution in [2.24, 2.45) is 5.41 Å². The lowest BCUT2D eigenvalue weighted by Crippen LogP contribution is -2.26. The number of hydrogen-bond acceptors (Lipinski definition) is 2. The molecular weight excluding hydrogens is 210 g/mol. The second kappa shape index (κ2) is 4.86. The average Bonchev–Trinajstić information content (AvgIpc) is 2.10. The number of rotatable bonds is 3. The van der Waals surface area contributed by atoms with Gasteiger partial charge in [-0.2, -0.15) is 0 Å². The van der Waals surface area contributed by atoms with Crippen LogP contribution in [0, 0.1) is 5.41 Å². The van der Waals surface area contributed by atoms with Gasteiger partial charge in [-0.3, -0.25) is 0 Å². The van der Waals surface area contributed by atoms with Gasteiger partial charge in [-0.15, -0.1) is 0 Å². The number of benzene rings is 1. The van der Waals surface area contributed by atoms with Crippen LogP contribution in [0.25, 0.3) is 0 Å². The number of aromatic hydroxyl groups is 1. The lowest BCUT2D eigenvalue weighted by molar-refractivity contribution is 0.376. The molecule has 0 fully saturated rings. The highest BCUT2D eigenvalue weighted by atomic mass is 35.5. The molecule has 0 saturated carbocycles. The maximum Gasteiger partial charge on any atom is 0.138 e. The van der Waals surface area contributed by atoms with E-state index in [4.69, 9.17) is 11.6 Å². The minimum atomic E-state index is 0.181. The van der Waals surface area contributed by atoms with Crippen LogP contribution in [0.1, 0.15) is 26.3 Å². The molecule has 2 nitrogen and oxygen atoms in total. The summed E-state index contributed by atoms with van der Waals surface area (Å²) in [5.74, 6) is 0.181. The molecular formula is C12H18ClNO. The van der Waals surface area contributed by atoms with E-state index >= 15 is 0 Å². The molecule has 0 bridgehead atoms. The molecule has 0 aliphatic rings. The zero-order chi connectivity index (χ0) is 11.5. The van der Waals surface area contributed by atoms with Crippen LogP contribution in [0.5, 0.6) is 5.75 Å². The van der Waals surface area contributed by atoms with E-state index in [0.717, 1.165) is 12.1 Å². The number of phenols is 1. The highest BCUT2D eigenvalue weighted by Crippen LogP contribution is 2.26. The Kier molecular flexibility index (Phi) is 4.00. The Hall–Kier alpha value is -0.730. The van der Waals surface area contributed by atoms with Crippen molar-refractivity contribution in [1.29, 1.82) is 0 Å². The molecule has 0 radical (unpaired) electrons. The van der Waals surface area contributed by atoms with Gasteiger partial charge in [0.1, 0.15) is 5.75 Å². The minimum absolute atomic E-state index is 0.181. The van der Waals surface area contributed by atoms with Crippen LogP contribution in [0.2, 0.25) is 5.02 Å². The number of nitrogens with one attached hydrogen (secondary N) is 1. The molecule has 0 heterocycles. The van der Waals surface area contributed by atoms with Crippen LogP contribution in [-0.4, -0.2) is 11.7 Å². The fourth-order valence-electron chi connectivity index (χ4n) is 1.27. The first-order valence-electron chi connectivity index (χ1n) is 5.07. The van der Waals surface area contributed by atoms with Crippen molar-refractivity contribution in [1.82, 2.24) is 5.32 Å². The fourth-order valence-corrected chi connectivity index (χ4v) is 1.47. The highest BCUT2D eigenvalue weighted by Gasteiger charge is 2.10. The summed E-state index contributed by atoms with van der Waals surface area (Å²) in [6.45, 7) is 8.04. The first-order valence-corrected chi connectivity index (χ1v) is 5.45. The van der Waals surface area contributed by atoms with E-state index in [2.05, 4.69) is 26.1 Å². The van der Waals surface area contributed by atoms with E-state index in [-0.39, 0.29) is 11.2 Å². The number of phenolic OH excluding ortho intramolecular Hbond substituents is 1. The van der Waals surface area contributed by atoms with Gasteiger partial charge >= 0.3 is 0 Å². The zero-order valence-electron chi connectivity index (χ0n) is 9.47. The maximum absolute atomic E-state index is 9.66. The molecule has 1 aromatic carbocycles. The van der Waals surface area contributed by atoms with Crippen molar-refractivity contribution in [2.75, 3.05) is 6.54 Å². The monoisotopic (exact) mass is 227 g/mol.